The molecule has 1 aromatic rings. The van der Waals surface area contributed by atoms with Gasteiger partial charge in [0.2, 0.25) is 0 Å². The zero-order chi connectivity index (χ0) is 11.4. The van der Waals surface area contributed by atoms with Crippen molar-refractivity contribution in [2.45, 2.75) is 32.8 Å². The minimum absolute atomic E-state index is 0.431. The Labute approximate surface area is 88.5 Å². The fourth-order valence-corrected chi connectivity index (χ4v) is 1.42. The number of hydrogen-bond donors (Lipinski definition) is 1. The van der Waals surface area contributed by atoms with Crippen molar-refractivity contribution in [1.82, 2.24) is 0 Å². The predicted molar refractivity (Wildman–Crippen MR) is 56.3 cm³/mol. The first-order valence-electron chi connectivity index (χ1n) is 4.94. The Balaban J connectivity index is 3.09. The molecule has 84 valence electrons. The Morgan fingerprint density at radius 2 is 2.27 bits per heavy atom. The first-order valence-corrected chi connectivity index (χ1v) is 4.94. The largest absolute Gasteiger partial charge is 0.496 e. The monoisotopic (exact) mass is 212 g/mol. The molecule has 1 rings (SSSR count). The van der Waals surface area contributed by atoms with E-state index in [1.54, 1.807) is 6.92 Å². The van der Waals surface area contributed by atoms with Crippen LogP contribution in [0.1, 0.15) is 24.7 Å². The zero-order valence-electron chi connectivity index (χ0n) is 9.24. The van der Waals surface area contributed by atoms with Crippen LogP contribution in [0.4, 0.5) is 0 Å². The Bertz CT molecular complexity index is 381. The number of aryl methyl sites for hydroxylation is 1. The van der Waals surface area contributed by atoms with Crippen molar-refractivity contribution < 1.29 is 14.3 Å². The Hall–Kier alpha value is -1.29. The van der Waals surface area contributed by atoms with Crippen molar-refractivity contribution in [3.63, 3.8) is 0 Å². The number of ether oxygens (including phenoxy) is 1. The maximum Gasteiger partial charge on any atom is 0.339 e. The van der Waals surface area contributed by atoms with E-state index in [1.807, 2.05) is 6.92 Å². The highest BCUT2D eigenvalue weighted by Gasteiger charge is 2.13. The van der Waals surface area contributed by atoms with Crippen LogP contribution in [0.2, 0.25) is 0 Å². The van der Waals surface area contributed by atoms with E-state index in [0.717, 1.165) is 5.56 Å². The Morgan fingerprint density at radius 3 is 2.80 bits per heavy atom. The van der Waals surface area contributed by atoms with Gasteiger partial charge in [0.25, 0.3) is 0 Å². The van der Waals surface area contributed by atoms with Crippen LogP contribution in [-0.4, -0.2) is 18.3 Å². The summed E-state index contributed by atoms with van der Waals surface area (Å²) in [5, 5.41) is 9.55. The fourth-order valence-electron chi connectivity index (χ4n) is 1.42. The Kier molecular flexibility index (Phi) is 3.91. The fraction of sp³-hybridized carbons (Fsp3) is 0.545. The number of methoxy groups -OCH3 is 1. The van der Waals surface area contributed by atoms with E-state index in [-0.39, 0.29) is 0 Å². The van der Waals surface area contributed by atoms with Gasteiger partial charge in [-0.05, 0) is 13.3 Å². The van der Waals surface area contributed by atoms with Crippen molar-refractivity contribution in [3.05, 3.63) is 27.8 Å². The molecule has 0 radical (unpaired) electrons. The van der Waals surface area contributed by atoms with Gasteiger partial charge in [0, 0.05) is 12.0 Å². The molecular weight excluding hydrogens is 196 g/mol. The second-order valence-corrected chi connectivity index (χ2v) is 3.43. The molecular formula is C11H16O4. The lowest BCUT2D eigenvalue weighted by Crippen LogP contribution is -2.13. The van der Waals surface area contributed by atoms with Gasteiger partial charge in [-0.3, -0.25) is 0 Å². The highest BCUT2D eigenvalue weighted by Crippen LogP contribution is 2.21. The second-order valence-electron chi connectivity index (χ2n) is 3.43. The topological polar surface area (TPSA) is 59.7 Å². The van der Waals surface area contributed by atoms with Crippen LogP contribution in [0.25, 0.3) is 0 Å². The molecule has 1 heterocycles. The molecule has 1 atom stereocenters. The first-order chi connectivity index (χ1) is 7.08. The average Bonchev–Trinajstić information content (AvgIpc) is 2.21. The molecule has 0 fully saturated rings. The highest BCUT2D eigenvalue weighted by atomic mass is 16.5. The van der Waals surface area contributed by atoms with Crippen molar-refractivity contribution in [2.24, 2.45) is 0 Å². The lowest BCUT2D eigenvalue weighted by molar-refractivity contribution is 0.168. The van der Waals surface area contributed by atoms with Gasteiger partial charge < -0.3 is 14.3 Å². The van der Waals surface area contributed by atoms with E-state index in [1.165, 1.54) is 13.2 Å². The van der Waals surface area contributed by atoms with E-state index in [9.17, 15) is 9.90 Å². The summed E-state index contributed by atoms with van der Waals surface area (Å²) in [7, 11) is 1.50. The standard InChI is InChI=1S/C11H16O4/c1-4-8(12)5-9-7(2)15-11(13)6-10(9)14-3/h6,8,12H,4-5H2,1-3H3/t8-/m0/s1. The number of hydrogen-bond acceptors (Lipinski definition) is 4. The molecule has 0 spiro atoms. The average molecular weight is 212 g/mol. The van der Waals surface area contributed by atoms with E-state index in [4.69, 9.17) is 9.15 Å². The summed E-state index contributed by atoms with van der Waals surface area (Å²) >= 11 is 0. The SMILES string of the molecule is CC[C@H](O)Cc1c(OC)cc(=O)oc1C. The first kappa shape index (κ1) is 11.8. The van der Waals surface area contributed by atoms with Gasteiger partial charge in [0.05, 0.1) is 19.3 Å². The summed E-state index contributed by atoms with van der Waals surface area (Å²) in [6.07, 6.45) is 0.655. The molecule has 0 aliphatic heterocycles. The molecule has 0 bridgehead atoms. The van der Waals surface area contributed by atoms with Crippen LogP contribution in [0.15, 0.2) is 15.3 Å². The quantitative estimate of drug-likeness (QED) is 0.816. The van der Waals surface area contributed by atoms with E-state index >= 15 is 0 Å². The summed E-state index contributed by atoms with van der Waals surface area (Å²) in [4.78, 5) is 11.1. The smallest absolute Gasteiger partial charge is 0.339 e. The van der Waals surface area contributed by atoms with Gasteiger partial charge in [0.1, 0.15) is 11.5 Å². The van der Waals surface area contributed by atoms with E-state index in [2.05, 4.69) is 0 Å². The minimum atomic E-state index is -0.440. The Morgan fingerprint density at radius 1 is 1.60 bits per heavy atom. The van der Waals surface area contributed by atoms with Crippen molar-refractivity contribution in [2.75, 3.05) is 7.11 Å². The molecule has 0 unspecified atom stereocenters. The lowest BCUT2D eigenvalue weighted by atomic mass is 10.1. The molecule has 4 heteroatoms. The van der Waals surface area contributed by atoms with Crippen molar-refractivity contribution in [3.8, 4) is 5.75 Å². The molecule has 1 aromatic heterocycles. The number of aliphatic hydroxyl groups is 1. The van der Waals surface area contributed by atoms with Gasteiger partial charge in [-0.15, -0.1) is 0 Å². The molecule has 0 aromatic carbocycles. The zero-order valence-corrected chi connectivity index (χ0v) is 9.24. The summed E-state index contributed by atoms with van der Waals surface area (Å²) < 4.78 is 10.0. The number of aliphatic hydroxyl groups excluding tert-OH is 1. The van der Waals surface area contributed by atoms with E-state index in [0.29, 0.717) is 24.4 Å². The van der Waals surface area contributed by atoms with Gasteiger partial charge in [-0.25, -0.2) is 4.79 Å². The van der Waals surface area contributed by atoms with Crippen LogP contribution in [0, 0.1) is 6.92 Å². The van der Waals surface area contributed by atoms with Crippen molar-refractivity contribution in [1.29, 1.82) is 0 Å². The predicted octanol–water partition coefficient (Wildman–Crippen LogP) is 1.27. The van der Waals surface area contributed by atoms with E-state index < -0.39 is 11.7 Å². The molecule has 0 aliphatic carbocycles. The summed E-state index contributed by atoms with van der Waals surface area (Å²) in [5.74, 6) is 0.989. The molecule has 15 heavy (non-hydrogen) atoms. The van der Waals surface area contributed by atoms with Crippen molar-refractivity contribution >= 4 is 0 Å². The van der Waals surface area contributed by atoms with Crippen LogP contribution in [-0.2, 0) is 6.42 Å². The molecule has 0 saturated carbocycles. The highest BCUT2D eigenvalue weighted by molar-refractivity contribution is 5.34. The van der Waals surface area contributed by atoms with Crippen LogP contribution < -0.4 is 10.4 Å². The summed E-state index contributed by atoms with van der Waals surface area (Å²) in [6, 6.07) is 1.30. The molecule has 4 nitrogen and oxygen atoms in total. The second kappa shape index (κ2) is 4.98. The normalized spacial score (nSPS) is 12.5. The van der Waals surface area contributed by atoms with Gasteiger partial charge in [-0.2, -0.15) is 0 Å². The maximum absolute atomic E-state index is 11.1. The summed E-state index contributed by atoms with van der Waals surface area (Å²) in [5.41, 5.74) is 0.325. The van der Waals surface area contributed by atoms with Gasteiger partial charge >= 0.3 is 5.63 Å². The number of rotatable bonds is 4. The van der Waals surface area contributed by atoms with Crippen LogP contribution in [0.5, 0.6) is 5.75 Å². The minimum Gasteiger partial charge on any atom is -0.496 e. The third kappa shape index (κ3) is 2.83. The maximum atomic E-state index is 11.1. The molecule has 0 amide bonds. The molecule has 0 saturated heterocycles. The molecule has 0 aliphatic rings. The molecule has 1 N–H and O–H groups in total. The van der Waals surface area contributed by atoms with Gasteiger partial charge in [-0.1, -0.05) is 6.92 Å². The van der Waals surface area contributed by atoms with Crippen LogP contribution in [0.3, 0.4) is 0 Å². The summed E-state index contributed by atoms with van der Waals surface area (Å²) in [6.45, 7) is 3.59. The van der Waals surface area contributed by atoms with Crippen LogP contribution >= 0.6 is 0 Å². The van der Waals surface area contributed by atoms with Gasteiger partial charge in [0.15, 0.2) is 0 Å². The lowest BCUT2D eigenvalue weighted by Gasteiger charge is -2.12. The third-order valence-electron chi connectivity index (χ3n) is 2.36. The third-order valence-corrected chi connectivity index (χ3v) is 2.36.